The van der Waals surface area contributed by atoms with Crippen molar-refractivity contribution in [1.29, 1.82) is 0 Å². The Labute approximate surface area is 120 Å². The highest BCUT2D eigenvalue weighted by molar-refractivity contribution is 7.80. The molecule has 0 fully saturated rings. The minimum atomic E-state index is 0.714. The van der Waals surface area contributed by atoms with E-state index in [1.807, 2.05) is 32.0 Å². The first-order chi connectivity index (χ1) is 8.43. The molecule has 1 N–H and O–H groups in total. The van der Waals surface area contributed by atoms with E-state index in [1.54, 1.807) is 0 Å². The summed E-state index contributed by atoms with van der Waals surface area (Å²) in [5, 5.41) is 4.70. The molecule has 18 heavy (non-hydrogen) atoms. The molecule has 1 aromatic rings. The molecule has 0 heterocycles. The largest absolute Gasteiger partial charge is 0.345 e. The third-order valence-corrected chi connectivity index (χ3v) is 3.16. The van der Waals surface area contributed by atoms with Crippen LogP contribution in [-0.4, -0.2) is 23.1 Å². The van der Waals surface area contributed by atoms with Crippen molar-refractivity contribution in [2.24, 2.45) is 0 Å². The number of hydrogen-bond donors (Lipinski definition) is 1. The summed E-state index contributed by atoms with van der Waals surface area (Å²) in [7, 11) is 0. The van der Waals surface area contributed by atoms with Crippen LogP contribution in [-0.2, 0) is 0 Å². The normalized spacial score (nSPS) is 10.0. The number of anilines is 1. The van der Waals surface area contributed by atoms with Crippen molar-refractivity contribution in [3.63, 3.8) is 0 Å². The predicted molar refractivity (Wildman–Crippen MR) is 84.5 cm³/mol. The van der Waals surface area contributed by atoms with E-state index in [1.165, 1.54) is 0 Å². The van der Waals surface area contributed by atoms with Crippen LogP contribution in [0.3, 0.4) is 0 Å². The lowest BCUT2D eigenvalue weighted by molar-refractivity contribution is 0.485. The smallest absolute Gasteiger partial charge is 0.173 e. The molecule has 98 valence electrons. The summed E-state index contributed by atoms with van der Waals surface area (Å²) in [5.74, 6) is 0. The van der Waals surface area contributed by atoms with Gasteiger partial charge in [0, 0.05) is 23.8 Å². The Morgan fingerprint density at radius 2 is 2.17 bits per heavy atom. The van der Waals surface area contributed by atoms with Gasteiger partial charge >= 0.3 is 0 Å². The summed E-state index contributed by atoms with van der Waals surface area (Å²) in [6, 6.07) is 5.72. The molecule has 1 aromatic carbocycles. The summed E-state index contributed by atoms with van der Waals surface area (Å²) in [6.07, 6.45) is 0. The monoisotopic (exact) mass is 282 g/mol. The van der Waals surface area contributed by atoms with Crippen LogP contribution in [0.1, 0.15) is 19.4 Å². The van der Waals surface area contributed by atoms with Crippen LogP contribution >= 0.6 is 23.8 Å². The topological polar surface area (TPSA) is 15.3 Å². The highest BCUT2D eigenvalue weighted by Crippen LogP contribution is 2.20. The van der Waals surface area contributed by atoms with E-state index in [4.69, 9.17) is 23.8 Å². The Morgan fingerprint density at radius 3 is 2.67 bits per heavy atom. The van der Waals surface area contributed by atoms with E-state index in [0.717, 1.165) is 34.9 Å². The molecular formula is C14H19ClN2S. The minimum absolute atomic E-state index is 0.714. The fraction of sp³-hybridized carbons (Fsp3) is 0.357. The summed E-state index contributed by atoms with van der Waals surface area (Å²) in [4.78, 5) is 2.08. The molecule has 0 radical (unpaired) electrons. The Kier molecular flexibility index (Phi) is 5.63. The first kappa shape index (κ1) is 15.0. The Bertz CT molecular complexity index is 457. The summed E-state index contributed by atoms with van der Waals surface area (Å²) in [6.45, 7) is 11.6. The molecule has 0 saturated heterocycles. The number of halogens is 1. The number of nitrogens with zero attached hydrogens (tertiary/aromatic N) is 1. The van der Waals surface area contributed by atoms with Crippen LogP contribution in [0.4, 0.5) is 5.69 Å². The van der Waals surface area contributed by atoms with E-state index in [0.29, 0.717) is 5.11 Å². The summed E-state index contributed by atoms with van der Waals surface area (Å²) < 4.78 is 0. The number of rotatable bonds is 4. The number of benzene rings is 1. The third kappa shape index (κ3) is 4.31. The molecule has 0 amide bonds. The highest BCUT2D eigenvalue weighted by Gasteiger charge is 2.09. The van der Waals surface area contributed by atoms with E-state index in [-0.39, 0.29) is 0 Å². The van der Waals surface area contributed by atoms with Gasteiger partial charge in [0.25, 0.3) is 0 Å². The Morgan fingerprint density at radius 1 is 1.50 bits per heavy atom. The second-order valence-electron chi connectivity index (χ2n) is 4.36. The second kappa shape index (κ2) is 6.76. The highest BCUT2D eigenvalue weighted by atomic mass is 35.5. The predicted octanol–water partition coefficient (Wildman–Crippen LogP) is 4.24. The third-order valence-electron chi connectivity index (χ3n) is 2.56. The Balaban J connectivity index is 2.76. The molecule has 0 bridgehead atoms. The van der Waals surface area contributed by atoms with E-state index < -0.39 is 0 Å². The number of likely N-dealkylation sites (N-methyl/N-ethyl adjacent to an activating group) is 1. The Hall–Kier alpha value is -1.06. The van der Waals surface area contributed by atoms with Gasteiger partial charge in [-0.25, -0.2) is 0 Å². The van der Waals surface area contributed by atoms with Crippen LogP contribution in [0.2, 0.25) is 5.02 Å². The lowest BCUT2D eigenvalue weighted by Crippen LogP contribution is -2.35. The molecule has 0 saturated carbocycles. The van der Waals surface area contributed by atoms with Crippen LogP contribution in [0, 0.1) is 6.92 Å². The van der Waals surface area contributed by atoms with E-state index in [9.17, 15) is 0 Å². The van der Waals surface area contributed by atoms with Crippen LogP contribution < -0.4 is 5.32 Å². The molecule has 0 unspecified atom stereocenters. The van der Waals surface area contributed by atoms with Gasteiger partial charge in [-0.3, -0.25) is 0 Å². The maximum atomic E-state index is 5.93. The molecule has 4 heteroatoms. The van der Waals surface area contributed by atoms with E-state index in [2.05, 4.69) is 23.7 Å². The van der Waals surface area contributed by atoms with Crippen molar-refractivity contribution < 1.29 is 0 Å². The van der Waals surface area contributed by atoms with Gasteiger partial charge in [0.2, 0.25) is 0 Å². The van der Waals surface area contributed by atoms with Gasteiger partial charge in [0.1, 0.15) is 0 Å². The molecule has 0 atom stereocenters. The van der Waals surface area contributed by atoms with Gasteiger partial charge in [-0.1, -0.05) is 23.8 Å². The van der Waals surface area contributed by atoms with Crippen LogP contribution in [0.5, 0.6) is 0 Å². The number of thiocarbonyl (C=S) groups is 1. The van der Waals surface area contributed by atoms with Gasteiger partial charge in [0.15, 0.2) is 5.11 Å². The number of aryl methyl sites for hydroxylation is 1. The van der Waals surface area contributed by atoms with Crippen molar-refractivity contribution >= 4 is 34.6 Å². The minimum Gasteiger partial charge on any atom is -0.345 e. The van der Waals surface area contributed by atoms with Crippen LogP contribution in [0.25, 0.3) is 0 Å². The standard InChI is InChI=1S/C14H19ClN2S/c1-5-17(9-10(2)3)14(18)16-13-7-6-12(15)8-11(13)4/h6-8H,2,5,9H2,1,3-4H3,(H,16,18). The maximum Gasteiger partial charge on any atom is 0.173 e. The second-order valence-corrected chi connectivity index (χ2v) is 5.18. The zero-order valence-corrected chi connectivity index (χ0v) is 12.7. The van der Waals surface area contributed by atoms with Crippen molar-refractivity contribution in [1.82, 2.24) is 4.90 Å². The summed E-state index contributed by atoms with van der Waals surface area (Å²) >= 11 is 11.3. The molecule has 0 aliphatic heterocycles. The zero-order chi connectivity index (χ0) is 13.7. The fourth-order valence-electron chi connectivity index (χ4n) is 1.61. The van der Waals surface area contributed by atoms with Crippen molar-refractivity contribution in [3.8, 4) is 0 Å². The van der Waals surface area contributed by atoms with Gasteiger partial charge in [0.05, 0.1) is 0 Å². The lowest BCUT2D eigenvalue weighted by atomic mass is 10.2. The SMILES string of the molecule is C=C(C)CN(CC)C(=S)Nc1ccc(Cl)cc1C. The number of hydrogen-bond acceptors (Lipinski definition) is 1. The lowest BCUT2D eigenvalue weighted by Gasteiger charge is -2.25. The zero-order valence-electron chi connectivity index (χ0n) is 11.1. The average Bonchev–Trinajstić information content (AvgIpc) is 2.29. The molecule has 1 rings (SSSR count). The molecule has 0 aliphatic rings. The quantitative estimate of drug-likeness (QED) is 0.657. The number of nitrogens with one attached hydrogen (secondary N) is 1. The van der Waals surface area contributed by atoms with Crippen LogP contribution in [0.15, 0.2) is 30.4 Å². The molecule has 0 spiro atoms. The van der Waals surface area contributed by atoms with Gasteiger partial charge < -0.3 is 10.2 Å². The molecule has 0 aromatic heterocycles. The first-order valence-corrected chi connectivity index (χ1v) is 6.69. The van der Waals surface area contributed by atoms with Crippen molar-refractivity contribution in [2.45, 2.75) is 20.8 Å². The van der Waals surface area contributed by atoms with Gasteiger partial charge in [-0.15, -0.1) is 0 Å². The molecule has 0 aliphatic carbocycles. The van der Waals surface area contributed by atoms with Crippen molar-refractivity contribution in [2.75, 3.05) is 18.4 Å². The van der Waals surface area contributed by atoms with Crippen molar-refractivity contribution in [3.05, 3.63) is 40.9 Å². The van der Waals surface area contributed by atoms with E-state index >= 15 is 0 Å². The summed E-state index contributed by atoms with van der Waals surface area (Å²) in [5.41, 5.74) is 3.16. The maximum absolute atomic E-state index is 5.93. The van der Waals surface area contributed by atoms with Gasteiger partial charge in [-0.2, -0.15) is 0 Å². The first-order valence-electron chi connectivity index (χ1n) is 5.90. The molecular weight excluding hydrogens is 264 g/mol. The average molecular weight is 283 g/mol. The molecule has 2 nitrogen and oxygen atoms in total. The van der Waals surface area contributed by atoms with Gasteiger partial charge in [-0.05, 0) is 56.8 Å². The fourth-order valence-corrected chi connectivity index (χ4v) is 2.14.